The molecule has 3 nitrogen and oxygen atoms in total. The highest BCUT2D eigenvalue weighted by Gasteiger charge is 2.24. The first kappa shape index (κ1) is 10.0. The monoisotopic (exact) mass is 205 g/mol. The highest BCUT2D eigenvalue weighted by Crippen LogP contribution is 2.28. The minimum absolute atomic E-state index is 0.557. The number of anilines is 1. The molecule has 15 heavy (non-hydrogen) atoms. The van der Waals surface area contributed by atoms with Gasteiger partial charge in [0, 0.05) is 12.2 Å². The predicted octanol–water partition coefficient (Wildman–Crippen LogP) is 2.97. The molecule has 1 aromatic carbocycles. The molecule has 1 amide bonds. The quantitative estimate of drug-likeness (QED) is 0.824. The van der Waals surface area contributed by atoms with Gasteiger partial charge >= 0.3 is 6.09 Å². The van der Waals surface area contributed by atoms with Gasteiger partial charge in [0.25, 0.3) is 0 Å². The Morgan fingerprint density at radius 1 is 1.33 bits per heavy atom. The molecule has 1 aliphatic carbocycles. The molecule has 1 aromatic rings. The molecule has 0 bridgehead atoms. The molecular formula is C12H15NO2. The number of carboxylic acid groups (broad SMARTS) is 1. The van der Waals surface area contributed by atoms with Crippen LogP contribution in [0.5, 0.6) is 0 Å². The molecule has 1 fully saturated rings. The summed E-state index contributed by atoms with van der Waals surface area (Å²) in [6.45, 7) is 0.638. The Kier molecular flexibility index (Phi) is 2.90. The lowest BCUT2D eigenvalue weighted by atomic mass is 9.85. The van der Waals surface area contributed by atoms with Gasteiger partial charge < -0.3 is 5.11 Å². The predicted molar refractivity (Wildman–Crippen MR) is 59.2 cm³/mol. The number of hydrogen-bond acceptors (Lipinski definition) is 1. The first-order valence-electron chi connectivity index (χ1n) is 5.33. The van der Waals surface area contributed by atoms with Crippen molar-refractivity contribution in [2.24, 2.45) is 5.92 Å². The molecule has 1 aliphatic rings. The highest BCUT2D eigenvalue weighted by atomic mass is 16.4. The lowest BCUT2D eigenvalue weighted by molar-refractivity contribution is 0.197. The molecule has 0 spiro atoms. The van der Waals surface area contributed by atoms with Crippen molar-refractivity contribution < 1.29 is 9.90 Å². The standard InChI is InChI=1S/C12H15NO2/c14-12(15)13(9-10-5-4-6-10)11-7-2-1-3-8-11/h1-3,7-8,10H,4-6,9H2,(H,14,15). The average Bonchev–Trinajstić information content (AvgIpc) is 2.17. The van der Waals surface area contributed by atoms with E-state index in [-0.39, 0.29) is 0 Å². The molecule has 0 aromatic heterocycles. The summed E-state index contributed by atoms with van der Waals surface area (Å²) in [6, 6.07) is 9.31. The van der Waals surface area contributed by atoms with Gasteiger partial charge in [-0.3, -0.25) is 4.90 Å². The molecule has 0 saturated heterocycles. The fraction of sp³-hybridized carbons (Fsp3) is 0.417. The van der Waals surface area contributed by atoms with Crippen molar-refractivity contribution in [3.8, 4) is 0 Å². The Balaban J connectivity index is 2.08. The largest absolute Gasteiger partial charge is 0.465 e. The minimum Gasteiger partial charge on any atom is -0.465 e. The van der Waals surface area contributed by atoms with Crippen LogP contribution in [-0.2, 0) is 0 Å². The van der Waals surface area contributed by atoms with Gasteiger partial charge in [-0.1, -0.05) is 24.6 Å². The zero-order valence-electron chi connectivity index (χ0n) is 8.60. The molecule has 2 rings (SSSR count). The van der Waals surface area contributed by atoms with E-state index in [1.165, 1.54) is 11.3 Å². The second kappa shape index (κ2) is 4.34. The second-order valence-corrected chi connectivity index (χ2v) is 4.03. The maximum Gasteiger partial charge on any atom is 0.411 e. The summed E-state index contributed by atoms with van der Waals surface area (Å²) >= 11 is 0. The number of rotatable bonds is 3. The molecule has 0 heterocycles. The van der Waals surface area contributed by atoms with Crippen molar-refractivity contribution >= 4 is 11.8 Å². The summed E-state index contributed by atoms with van der Waals surface area (Å²) in [5.41, 5.74) is 0.775. The minimum atomic E-state index is -0.854. The van der Waals surface area contributed by atoms with E-state index in [1.807, 2.05) is 30.3 Å². The third-order valence-corrected chi connectivity index (χ3v) is 2.96. The molecule has 0 aliphatic heterocycles. The van der Waals surface area contributed by atoms with E-state index in [2.05, 4.69) is 0 Å². The number of hydrogen-bond donors (Lipinski definition) is 1. The van der Waals surface area contributed by atoms with Crippen LogP contribution in [-0.4, -0.2) is 17.7 Å². The zero-order valence-corrected chi connectivity index (χ0v) is 8.60. The lowest BCUT2D eigenvalue weighted by Gasteiger charge is -2.30. The number of amides is 1. The fourth-order valence-corrected chi connectivity index (χ4v) is 1.84. The van der Waals surface area contributed by atoms with Gasteiger partial charge in [-0.25, -0.2) is 4.79 Å². The van der Waals surface area contributed by atoms with Crippen LogP contribution < -0.4 is 4.90 Å². The van der Waals surface area contributed by atoms with Gasteiger partial charge in [0.2, 0.25) is 0 Å². The summed E-state index contributed by atoms with van der Waals surface area (Å²) < 4.78 is 0. The Bertz CT molecular complexity index is 333. The Labute approximate surface area is 89.3 Å². The fourth-order valence-electron chi connectivity index (χ4n) is 1.84. The molecule has 1 saturated carbocycles. The van der Waals surface area contributed by atoms with E-state index in [0.29, 0.717) is 12.5 Å². The van der Waals surface area contributed by atoms with Crippen molar-refractivity contribution in [2.75, 3.05) is 11.4 Å². The number of benzene rings is 1. The van der Waals surface area contributed by atoms with Crippen LogP contribution in [0, 0.1) is 5.92 Å². The number of carbonyl (C=O) groups is 1. The van der Waals surface area contributed by atoms with Crippen LogP contribution in [0.1, 0.15) is 19.3 Å². The average molecular weight is 205 g/mol. The van der Waals surface area contributed by atoms with Crippen molar-refractivity contribution in [2.45, 2.75) is 19.3 Å². The molecule has 80 valence electrons. The van der Waals surface area contributed by atoms with Gasteiger partial charge in [-0.05, 0) is 30.9 Å². The maximum atomic E-state index is 11.1. The molecule has 0 atom stereocenters. The van der Waals surface area contributed by atoms with Crippen LogP contribution in [0.3, 0.4) is 0 Å². The van der Waals surface area contributed by atoms with Gasteiger partial charge in [0.1, 0.15) is 0 Å². The summed E-state index contributed by atoms with van der Waals surface area (Å²) in [7, 11) is 0. The van der Waals surface area contributed by atoms with Crippen molar-refractivity contribution in [1.29, 1.82) is 0 Å². The van der Waals surface area contributed by atoms with E-state index >= 15 is 0 Å². The topological polar surface area (TPSA) is 40.5 Å². The first-order chi connectivity index (χ1) is 7.27. The van der Waals surface area contributed by atoms with Crippen LogP contribution in [0.2, 0.25) is 0 Å². The van der Waals surface area contributed by atoms with Crippen molar-refractivity contribution in [3.05, 3.63) is 30.3 Å². The summed E-state index contributed by atoms with van der Waals surface area (Å²) in [6.07, 6.45) is 2.72. The highest BCUT2D eigenvalue weighted by molar-refractivity contribution is 5.85. The normalized spacial score (nSPS) is 15.7. The van der Waals surface area contributed by atoms with E-state index < -0.39 is 6.09 Å². The van der Waals surface area contributed by atoms with E-state index in [1.54, 1.807) is 0 Å². The van der Waals surface area contributed by atoms with Crippen LogP contribution >= 0.6 is 0 Å². The number of para-hydroxylation sites is 1. The first-order valence-corrected chi connectivity index (χ1v) is 5.33. The third kappa shape index (κ3) is 2.29. The Morgan fingerprint density at radius 3 is 2.47 bits per heavy atom. The van der Waals surface area contributed by atoms with Gasteiger partial charge in [-0.15, -0.1) is 0 Å². The zero-order chi connectivity index (χ0) is 10.7. The summed E-state index contributed by atoms with van der Waals surface area (Å²) in [4.78, 5) is 12.5. The third-order valence-electron chi connectivity index (χ3n) is 2.96. The lowest BCUT2D eigenvalue weighted by Crippen LogP contribution is -2.36. The summed E-state index contributed by atoms with van der Waals surface area (Å²) in [5, 5.41) is 9.12. The van der Waals surface area contributed by atoms with E-state index in [9.17, 15) is 4.79 Å². The Morgan fingerprint density at radius 2 is 2.00 bits per heavy atom. The molecule has 0 radical (unpaired) electrons. The number of nitrogens with zero attached hydrogens (tertiary/aromatic N) is 1. The van der Waals surface area contributed by atoms with Crippen LogP contribution in [0.25, 0.3) is 0 Å². The van der Waals surface area contributed by atoms with Crippen molar-refractivity contribution in [1.82, 2.24) is 0 Å². The smallest absolute Gasteiger partial charge is 0.411 e. The second-order valence-electron chi connectivity index (χ2n) is 4.03. The maximum absolute atomic E-state index is 11.1. The van der Waals surface area contributed by atoms with Crippen LogP contribution in [0.15, 0.2) is 30.3 Å². The molecular weight excluding hydrogens is 190 g/mol. The van der Waals surface area contributed by atoms with E-state index in [4.69, 9.17) is 5.11 Å². The van der Waals surface area contributed by atoms with E-state index in [0.717, 1.165) is 18.5 Å². The molecule has 3 heteroatoms. The van der Waals surface area contributed by atoms with Gasteiger partial charge in [-0.2, -0.15) is 0 Å². The van der Waals surface area contributed by atoms with Crippen LogP contribution in [0.4, 0.5) is 10.5 Å². The molecule has 0 unspecified atom stereocenters. The van der Waals surface area contributed by atoms with Gasteiger partial charge in [0.15, 0.2) is 0 Å². The van der Waals surface area contributed by atoms with Gasteiger partial charge in [0.05, 0.1) is 0 Å². The molecule has 1 N–H and O–H groups in total. The Hall–Kier alpha value is -1.51. The SMILES string of the molecule is O=C(O)N(CC1CCC1)c1ccccc1. The van der Waals surface area contributed by atoms with Crippen molar-refractivity contribution in [3.63, 3.8) is 0 Å². The summed E-state index contributed by atoms with van der Waals surface area (Å²) in [5.74, 6) is 0.557.